The van der Waals surface area contributed by atoms with Gasteiger partial charge in [-0.3, -0.25) is 62.3 Å². The van der Waals surface area contributed by atoms with Crippen molar-refractivity contribution in [2.75, 3.05) is 96.3 Å². The highest BCUT2D eigenvalue weighted by Gasteiger charge is 2.60. The molecule has 0 aromatic carbocycles. The van der Waals surface area contributed by atoms with Crippen LogP contribution in [0.15, 0.2) is 12.2 Å². The molecule has 4 aliphatic carbocycles. The fourth-order valence-corrected chi connectivity index (χ4v) is 18.2. The molecule has 0 aromatic rings. The zero-order valence-corrected chi connectivity index (χ0v) is 67.8. The maximum absolute atomic E-state index is 15.9. The van der Waals surface area contributed by atoms with Gasteiger partial charge in [0, 0.05) is 95.5 Å². The third-order valence-electron chi connectivity index (χ3n) is 24.7. The summed E-state index contributed by atoms with van der Waals surface area (Å²) in [6.07, 6.45) is 2.09. The summed E-state index contributed by atoms with van der Waals surface area (Å²) in [7, 11) is 12.7. The maximum atomic E-state index is 15.9. The first kappa shape index (κ1) is 89.0. The van der Waals surface area contributed by atoms with E-state index in [2.05, 4.69) is 16.0 Å². The van der Waals surface area contributed by atoms with Crippen LogP contribution in [-0.2, 0) is 71.8 Å². The first-order valence-corrected chi connectivity index (χ1v) is 39.8. The molecule has 3 aliphatic heterocycles. The van der Waals surface area contributed by atoms with Gasteiger partial charge in [0.2, 0.25) is 70.9 Å². The molecular weight excluding hydrogens is 1410 g/mol. The van der Waals surface area contributed by atoms with Gasteiger partial charge >= 0.3 is 6.18 Å². The second-order valence-corrected chi connectivity index (χ2v) is 34.1. The van der Waals surface area contributed by atoms with Crippen molar-refractivity contribution in [3.05, 3.63) is 12.2 Å². The summed E-state index contributed by atoms with van der Waals surface area (Å²) in [5, 5.41) is 8.87. The van der Waals surface area contributed by atoms with Crippen LogP contribution in [0.1, 0.15) is 197 Å². The molecule has 2 saturated heterocycles. The molecule has 4 saturated carbocycles. The number of Topliss-reactive ketones (excluding diaryl/α,β-unsaturated/α-hetero) is 1. The van der Waals surface area contributed by atoms with Crippen molar-refractivity contribution >= 4 is 76.7 Å². The summed E-state index contributed by atoms with van der Waals surface area (Å²) in [4.78, 5) is 207. The Morgan fingerprint density at radius 1 is 0.679 bits per heavy atom. The van der Waals surface area contributed by atoms with Crippen molar-refractivity contribution in [3.8, 4) is 0 Å². The van der Waals surface area contributed by atoms with Crippen LogP contribution in [0.2, 0.25) is 0 Å². The van der Waals surface area contributed by atoms with Crippen molar-refractivity contribution in [3.63, 3.8) is 0 Å². The number of hydrogen-bond donors (Lipinski definition) is 3. The Morgan fingerprint density at radius 2 is 1.31 bits per heavy atom. The predicted molar refractivity (Wildman–Crippen MR) is 401 cm³/mol. The zero-order chi connectivity index (χ0) is 81.1. The third-order valence-corrected chi connectivity index (χ3v) is 24.7. The Morgan fingerprint density at radius 3 is 1.89 bits per heavy atom. The van der Waals surface area contributed by atoms with Gasteiger partial charge in [-0.2, -0.15) is 13.2 Å². The number of carbonyl (C=O) groups is 13. The number of carbonyl (C=O) groups excluding carboxylic acids is 13. The Balaban J connectivity index is 1.34. The van der Waals surface area contributed by atoms with Gasteiger partial charge in [0.05, 0.1) is 37.6 Å². The van der Waals surface area contributed by atoms with E-state index in [1.165, 1.54) is 97.8 Å². The Kier molecular flexibility index (Phi) is 31.3. The smallest absolute Gasteiger partial charge is 0.381 e. The molecule has 3 N–H and O–H groups in total. The molecule has 13 atom stereocenters. The largest absolute Gasteiger partial charge is 0.394 e. The molecule has 614 valence electrons. The topological polar surface area (TPSA) is 306 Å². The van der Waals surface area contributed by atoms with Gasteiger partial charge in [-0.1, -0.05) is 73.0 Å². The van der Waals surface area contributed by atoms with Gasteiger partial charge in [0.25, 0.3) is 0 Å². The van der Waals surface area contributed by atoms with Crippen LogP contribution in [-0.4, -0.2) is 289 Å². The van der Waals surface area contributed by atoms with E-state index in [1.54, 1.807) is 26.8 Å². The van der Waals surface area contributed by atoms with Gasteiger partial charge < -0.3 is 69.5 Å². The predicted octanol–water partition coefficient (Wildman–Crippen LogP) is 5.74. The monoisotopic (exact) mass is 1540 g/mol. The van der Waals surface area contributed by atoms with Crippen molar-refractivity contribution in [2.45, 2.75) is 269 Å². The molecule has 1 spiro atoms. The average molecular weight is 1540 g/mol. The number of ketones is 1. The van der Waals surface area contributed by atoms with E-state index in [1.807, 2.05) is 40.7 Å². The quantitative estimate of drug-likeness (QED) is 0.165. The number of ether oxygens (including phenoxy) is 2. The highest BCUT2D eigenvalue weighted by atomic mass is 19.4. The number of nitrogens with one attached hydrogen (secondary N) is 3. The van der Waals surface area contributed by atoms with Crippen molar-refractivity contribution < 1.29 is 85.0 Å². The summed E-state index contributed by atoms with van der Waals surface area (Å²) in [5.74, 6) is -11.7. The average Bonchev–Trinajstić information content (AvgIpc) is 1.45. The Bertz CT molecular complexity index is 3290. The Labute approximate surface area is 643 Å². The molecule has 109 heavy (non-hydrogen) atoms. The molecule has 7 aliphatic rings. The lowest BCUT2D eigenvalue weighted by Gasteiger charge is -2.54. The summed E-state index contributed by atoms with van der Waals surface area (Å²) < 4.78 is 54.6. The van der Waals surface area contributed by atoms with E-state index in [9.17, 15) is 41.9 Å². The number of amides is 12. The van der Waals surface area contributed by atoms with Crippen molar-refractivity contribution in [2.24, 2.45) is 46.8 Å². The van der Waals surface area contributed by atoms with Crippen LogP contribution in [0.3, 0.4) is 0 Å². The second kappa shape index (κ2) is 38.3. The number of methoxy groups -OCH3 is 1. The van der Waals surface area contributed by atoms with Crippen LogP contribution in [0.25, 0.3) is 0 Å². The molecular formula is C79H127F3N12O15. The first-order chi connectivity index (χ1) is 51.1. The molecule has 6 fully saturated rings. The summed E-state index contributed by atoms with van der Waals surface area (Å²) in [5.41, 5.74) is -2.20. The van der Waals surface area contributed by atoms with E-state index in [0.29, 0.717) is 64.2 Å². The van der Waals surface area contributed by atoms with Crippen LogP contribution >= 0.6 is 0 Å². The fourth-order valence-electron chi connectivity index (χ4n) is 18.2. The molecule has 7 rings (SSSR count). The minimum absolute atomic E-state index is 0.00658. The van der Waals surface area contributed by atoms with E-state index in [-0.39, 0.29) is 114 Å². The molecule has 2 bridgehead atoms. The van der Waals surface area contributed by atoms with Crippen LogP contribution in [0.5, 0.6) is 0 Å². The van der Waals surface area contributed by atoms with Gasteiger partial charge in [-0.15, -0.1) is 0 Å². The first-order valence-electron chi connectivity index (χ1n) is 39.8. The van der Waals surface area contributed by atoms with Crippen LogP contribution in [0, 0.1) is 46.8 Å². The van der Waals surface area contributed by atoms with Gasteiger partial charge in [-0.25, -0.2) is 0 Å². The number of likely N-dealkylation sites (N-methyl/N-ethyl adjacent to an activating group) is 7. The number of fused-ring (bicyclic) bond motifs is 3. The zero-order valence-electron chi connectivity index (χ0n) is 67.8. The summed E-state index contributed by atoms with van der Waals surface area (Å²) in [6.45, 7) is 13.2. The molecule has 12 amide bonds. The van der Waals surface area contributed by atoms with Crippen molar-refractivity contribution in [1.82, 2.24) is 60.0 Å². The van der Waals surface area contributed by atoms with E-state index < -0.39 is 192 Å². The van der Waals surface area contributed by atoms with E-state index in [0.717, 1.165) is 9.80 Å². The standard InChI is InChI=1S/C79H127F3N12O15/c1-18-48(5)66-74(105)88(12)44-65(98)89(13)57-27-21-20-24-36-93(73(57)104)61(38-50-28-32-52(33-29-50)49(6)95)72(103)87(11)43-63(96)83-56(35-31-51-30-34-55(79(80,81)82)62(39-51)108-17)70(101)94-42-54(109-19-2)40-59(94)69(100)85-78(45-77(7,8)46-78)76(107)92(16)67(53-25-22-23-26-53)75(106)91(15)60(71(102)86(9)10)41-64(97)90(14)58(37-47(3)4)68(99)84-66/h20-21,47-48,50-62,66-67H,18-19,22-46H2,1-17H3,(H,83,96)(H,84,99)(H,85,100)/b21-20-/t48-,50?,51?,52?,54+,55?,56-,57-,58-,59-,60-,61-,62?,66-,67-/m0/s1. The van der Waals surface area contributed by atoms with E-state index in [4.69, 9.17) is 9.47 Å². The Hall–Kier alpha value is -7.24. The van der Waals surface area contributed by atoms with Crippen LogP contribution in [0.4, 0.5) is 13.2 Å². The number of rotatable bonds is 15. The molecule has 27 nitrogen and oxygen atoms in total. The fraction of sp³-hybridized carbons (Fsp3) is 0.810. The minimum atomic E-state index is -4.54. The lowest BCUT2D eigenvalue weighted by Crippen LogP contribution is -2.71. The van der Waals surface area contributed by atoms with E-state index >= 15 is 33.6 Å². The number of hydrogen-bond acceptors (Lipinski definition) is 15. The van der Waals surface area contributed by atoms with Gasteiger partial charge in [0.15, 0.2) is 0 Å². The summed E-state index contributed by atoms with van der Waals surface area (Å²) >= 11 is 0. The second-order valence-electron chi connectivity index (χ2n) is 34.1. The lowest BCUT2D eigenvalue weighted by molar-refractivity contribution is -0.215. The van der Waals surface area contributed by atoms with Crippen LogP contribution < -0.4 is 16.0 Å². The van der Waals surface area contributed by atoms with Gasteiger partial charge in [0.1, 0.15) is 59.7 Å². The molecule has 30 heteroatoms. The third kappa shape index (κ3) is 21.9. The molecule has 0 radical (unpaired) electrons. The lowest BCUT2D eigenvalue weighted by atomic mass is 9.58. The highest BCUT2D eigenvalue weighted by molar-refractivity contribution is 6.01. The molecule has 0 aromatic heterocycles. The van der Waals surface area contributed by atoms with Crippen molar-refractivity contribution in [1.29, 1.82) is 0 Å². The minimum Gasteiger partial charge on any atom is -0.381 e. The SMILES string of the molecule is CCO[C@@H]1C[C@H]2C(=O)NC3(CC(C)(C)C3)C(=O)N(C)[C@@H](C3CCCC3)C(=O)N(C)[C@H](C(=O)N(C)C)CC(=O)N(C)[C@@H](CC(C)C)C(=O)N[C@@H]([C@@H](C)CC)C(=O)N(C)CC(=O)N(C)[C@H]3C/C=C\CCN(C3=O)[C@@H](CC3CCC(C(C)=O)CC3)C(=O)N(C)CC(=O)N[C@@H](CCC3CCC(C(F)(F)F)C(OC)C3)C(=O)N2C1. The maximum Gasteiger partial charge on any atom is 0.394 e. The molecule has 3 heterocycles. The summed E-state index contributed by atoms with van der Waals surface area (Å²) in [6, 6.07) is -10.4. The molecule has 3 unspecified atom stereocenters. The number of halogens is 3. The highest BCUT2D eigenvalue weighted by Crippen LogP contribution is 2.50. The number of nitrogens with zero attached hydrogens (tertiary/aromatic N) is 9. The normalized spacial score (nSPS) is 31.4. The number of alkyl halides is 3. The van der Waals surface area contributed by atoms with Gasteiger partial charge in [-0.05, 0) is 158 Å².